The van der Waals surface area contributed by atoms with Gasteiger partial charge in [-0.15, -0.1) is 6.42 Å². The Hall–Kier alpha value is -2.20. The zero-order chi connectivity index (χ0) is 15.9. The van der Waals surface area contributed by atoms with Gasteiger partial charge < -0.3 is 9.64 Å². The lowest BCUT2D eigenvalue weighted by Crippen LogP contribution is -2.48. The molecule has 22 heavy (non-hydrogen) atoms. The number of terminal acetylenes is 1. The maximum absolute atomic E-state index is 12.4. The maximum Gasteiger partial charge on any atom is 0.272 e. The largest absolute Gasteiger partial charge is 0.488 e. The highest BCUT2D eigenvalue weighted by molar-refractivity contribution is 5.92. The minimum Gasteiger partial charge on any atom is -0.488 e. The van der Waals surface area contributed by atoms with Crippen molar-refractivity contribution in [2.45, 2.75) is 6.43 Å². The van der Waals surface area contributed by atoms with E-state index in [4.69, 9.17) is 11.2 Å². The van der Waals surface area contributed by atoms with Crippen LogP contribution in [0.2, 0.25) is 0 Å². The van der Waals surface area contributed by atoms with Crippen LogP contribution in [0.4, 0.5) is 8.78 Å². The van der Waals surface area contributed by atoms with Crippen molar-refractivity contribution in [3.05, 3.63) is 24.0 Å². The summed E-state index contributed by atoms with van der Waals surface area (Å²) in [6.07, 6.45) is 4.08. The smallest absolute Gasteiger partial charge is 0.272 e. The monoisotopic (exact) mass is 309 g/mol. The lowest BCUT2D eigenvalue weighted by molar-refractivity contribution is 0.0644. The van der Waals surface area contributed by atoms with Crippen LogP contribution in [0, 0.1) is 12.3 Å². The van der Waals surface area contributed by atoms with Gasteiger partial charge in [-0.3, -0.25) is 14.7 Å². The van der Waals surface area contributed by atoms with Crippen LogP contribution in [0.1, 0.15) is 10.5 Å². The fourth-order valence-corrected chi connectivity index (χ4v) is 2.18. The van der Waals surface area contributed by atoms with Gasteiger partial charge in [-0.1, -0.05) is 5.92 Å². The molecule has 0 spiro atoms. The van der Waals surface area contributed by atoms with E-state index >= 15 is 0 Å². The molecular formula is C15H17F2N3O2. The van der Waals surface area contributed by atoms with E-state index in [1.807, 2.05) is 0 Å². The van der Waals surface area contributed by atoms with Crippen molar-refractivity contribution >= 4 is 5.91 Å². The van der Waals surface area contributed by atoms with Crippen LogP contribution in [0.3, 0.4) is 0 Å². The van der Waals surface area contributed by atoms with E-state index in [1.165, 1.54) is 18.3 Å². The normalized spacial score (nSPS) is 15.6. The third-order valence-electron chi connectivity index (χ3n) is 3.30. The number of ether oxygens (including phenoxy) is 1. The molecule has 0 aromatic carbocycles. The first-order chi connectivity index (χ1) is 10.6. The number of pyridine rings is 1. The molecule has 2 heterocycles. The summed E-state index contributed by atoms with van der Waals surface area (Å²) in [6.45, 7) is 2.39. The molecule has 0 N–H and O–H groups in total. The maximum atomic E-state index is 12.4. The fourth-order valence-electron chi connectivity index (χ4n) is 2.18. The predicted octanol–water partition coefficient (Wildman–Crippen LogP) is 1.12. The van der Waals surface area contributed by atoms with Crippen molar-refractivity contribution in [3.63, 3.8) is 0 Å². The number of rotatable bonds is 5. The predicted molar refractivity (Wildman–Crippen MR) is 76.9 cm³/mol. The molecule has 5 nitrogen and oxygen atoms in total. The SMILES string of the molecule is C#CCN1CCN(C(=O)c2cc(OCC(F)F)ccn2)CC1. The molecule has 118 valence electrons. The first-order valence-electron chi connectivity index (χ1n) is 6.92. The summed E-state index contributed by atoms with van der Waals surface area (Å²) in [7, 11) is 0. The van der Waals surface area contributed by atoms with E-state index in [2.05, 4.69) is 15.8 Å². The Kier molecular flexibility index (Phi) is 5.67. The summed E-state index contributed by atoms with van der Waals surface area (Å²) in [5.74, 6) is 2.56. The number of halogens is 2. The molecule has 1 aliphatic rings. The number of hydrogen-bond donors (Lipinski definition) is 0. The molecule has 0 aliphatic carbocycles. The molecule has 1 saturated heterocycles. The highest BCUT2D eigenvalue weighted by Crippen LogP contribution is 2.14. The highest BCUT2D eigenvalue weighted by atomic mass is 19.3. The van der Waals surface area contributed by atoms with E-state index < -0.39 is 13.0 Å². The Balaban J connectivity index is 1.95. The summed E-state index contributed by atoms with van der Waals surface area (Å²) in [5, 5.41) is 0. The second-order valence-corrected chi connectivity index (χ2v) is 4.85. The van der Waals surface area contributed by atoms with E-state index in [0.717, 1.165) is 0 Å². The Morgan fingerprint density at radius 3 is 2.77 bits per heavy atom. The van der Waals surface area contributed by atoms with E-state index in [9.17, 15) is 13.6 Å². The minimum absolute atomic E-state index is 0.192. The molecule has 2 rings (SSSR count). The third kappa shape index (κ3) is 4.40. The van der Waals surface area contributed by atoms with Gasteiger partial charge >= 0.3 is 0 Å². The van der Waals surface area contributed by atoms with Crippen LogP contribution >= 0.6 is 0 Å². The number of amides is 1. The number of aromatic nitrogens is 1. The van der Waals surface area contributed by atoms with E-state index in [-0.39, 0.29) is 17.4 Å². The average molecular weight is 309 g/mol. The second-order valence-electron chi connectivity index (χ2n) is 4.85. The molecule has 0 atom stereocenters. The minimum atomic E-state index is -2.56. The van der Waals surface area contributed by atoms with Crippen molar-refractivity contribution < 1.29 is 18.3 Å². The average Bonchev–Trinajstić information content (AvgIpc) is 2.53. The lowest BCUT2D eigenvalue weighted by atomic mass is 10.2. The standard InChI is InChI=1S/C15H17F2N3O2/c1-2-5-19-6-8-20(9-7-19)15(21)13-10-12(3-4-18-13)22-11-14(16)17/h1,3-4,10,14H,5-9,11H2. The number of carbonyl (C=O) groups is 1. The molecule has 0 unspecified atom stereocenters. The number of piperazine rings is 1. The van der Waals surface area contributed by atoms with Gasteiger partial charge in [0.15, 0.2) is 0 Å². The molecule has 0 saturated carbocycles. The molecule has 7 heteroatoms. The summed E-state index contributed by atoms with van der Waals surface area (Å²) < 4.78 is 29.2. The van der Waals surface area contributed by atoms with Crippen LogP contribution in [0.15, 0.2) is 18.3 Å². The van der Waals surface area contributed by atoms with Gasteiger partial charge in [0, 0.05) is 38.4 Å². The molecule has 1 amide bonds. The molecule has 0 bridgehead atoms. The molecule has 1 aliphatic heterocycles. The summed E-state index contributed by atoms with van der Waals surface area (Å²) in [6, 6.07) is 2.84. The van der Waals surface area contributed by atoms with Crippen LogP contribution in [0.5, 0.6) is 5.75 Å². The van der Waals surface area contributed by atoms with Crippen LogP contribution in [-0.2, 0) is 0 Å². The zero-order valence-corrected chi connectivity index (χ0v) is 12.0. The van der Waals surface area contributed by atoms with Crippen molar-refractivity contribution in [1.29, 1.82) is 0 Å². The summed E-state index contributed by atoms with van der Waals surface area (Å²) in [5.41, 5.74) is 0.192. The van der Waals surface area contributed by atoms with E-state index in [0.29, 0.717) is 32.7 Å². The Morgan fingerprint density at radius 1 is 1.41 bits per heavy atom. The Labute approximate surface area is 127 Å². The molecule has 1 aromatic heterocycles. The zero-order valence-electron chi connectivity index (χ0n) is 12.0. The fraction of sp³-hybridized carbons (Fsp3) is 0.467. The van der Waals surface area contributed by atoms with Gasteiger partial charge in [0.1, 0.15) is 18.1 Å². The van der Waals surface area contributed by atoms with Gasteiger partial charge in [-0.05, 0) is 6.07 Å². The molecule has 0 radical (unpaired) electrons. The topological polar surface area (TPSA) is 45.7 Å². The Bertz CT molecular complexity index is 552. The van der Waals surface area contributed by atoms with Gasteiger partial charge in [0.05, 0.1) is 6.54 Å². The number of nitrogens with zero attached hydrogens (tertiary/aromatic N) is 3. The second kappa shape index (κ2) is 7.71. The molecular weight excluding hydrogens is 292 g/mol. The van der Waals surface area contributed by atoms with Crippen LogP contribution in [-0.4, -0.2) is 66.4 Å². The first kappa shape index (κ1) is 16.2. The number of carbonyl (C=O) groups excluding carboxylic acids is 1. The van der Waals surface area contributed by atoms with Crippen molar-refractivity contribution in [2.75, 3.05) is 39.3 Å². The molecule has 1 aromatic rings. The van der Waals surface area contributed by atoms with Gasteiger partial charge in [-0.25, -0.2) is 8.78 Å². The number of hydrogen-bond acceptors (Lipinski definition) is 4. The highest BCUT2D eigenvalue weighted by Gasteiger charge is 2.22. The van der Waals surface area contributed by atoms with Crippen LogP contribution in [0.25, 0.3) is 0 Å². The van der Waals surface area contributed by atoms with E-state index in [1.54, 1.807) is 4.90 Å². The van der Waals surface area contributed by atoms with Crippen molar-refractivity contribution in [3.8, 4) is 18.1 Å². The summed E-state index contributed by atoms with van der Waals surface area (Å²) >= 11 is 0. The number of alkyl halides is 2. The van der Waals surface area contributed by atoms with Crippen molar-refractivity contribution in [2.24, 2.45) is 0 Å². The van der Waals surface area contributed by atoms with Gasteiger partial charge in [-0.2, -0.15) is 0 Å². The molecule has 1 fully saturated rings. The third-order valence-corrected chi connectivity index (χ3v) is 3.30. The Morgan fingerprint density at radius 2 is 2.14 bits per heavy atom. The van der Waals surface area contributed by atoms with Crippen molar-refractivity contribution in [1.82, 2.24) is 14.8 Å². The lowest BCUT2D eigenvalue weighted by Gasteiger charge is -2.33. The van der Waals surface area contributed by atoms with Gasteiger partial charge in [0.25, 0.3) is 12.3 Å². The quantitative estimate of drug-likeness (QED) is 0.765. The van der Waals surface area contributed by atoms with Crippen LogP contribution < -0.4 is 4.74 Å². The first-order valence-corrected chi connectivity index (χ1v) is 6.92. The van der Waals surface area contributed by atoms with Gasteiger partial charge in [0.2, 0.25) is 0 Å². The summed E-state index contributed by atoms with van der Waals surface area (Å²) in [4.78, 5) is 20.1.